The van der Waals surface area contributed by atoms with Crippen LogP contribution in [0.15, 0.2) is 29.6 Å². The number of hydrogen-bond acceptors (Lipinski definition) is 4. The Morgan fingerprint density at radius 3 is 2.57 bits per heavy atom. The number of rotatable bonds is 4. The lowest BCUT2D eigenvalue weighted by Gasteiger charge is -2.20. The van der Waals surface area contributed by atoms with E-state index in [0.29, 0.717) is 15.8 Å². The maximum atomic E-state index is 12.2. The molecule has 1 heterocycles. The molecule has 2 aromatic rings. The molecule has 0 radical (unpaired) electrons. The molecule has 0 aliphatic heterocycles. The van der Waals surface area contributed by atoms with Crippen molar-refractivity contribution in [3.63, 3.8) is 0 Å². The van der Waals surface area contributed by atoms with Crippen LogP contribution in [0.25, 0.3) is 0 Å². The third kappa shape index (κ3) is 4.17. The molecule has 0 fully saturated rings. The van der Waals surface area contributed by atoms with Crippen molar-refractivity contribution < 1.29 is 14.7 Å². The molecule has 0 unspecified atom stereocenters. The number of aliphatic carboxylic acids is 1. The zero-order chi connectivity index (χ0) is 15.4. The Labute approximate surface area is 130 Å². The number of nitrogens with one attached hydrogen (secondary N) is 1. The van der Waals surface area contributed by atoms with Crippen LogP contribution in [0.5, 0.6) is 0 Å². The summed E-state index contributed by atoms with van der Waals surface area (Å²) in [6, 6.07) is 5.78. The van der Waals surface area contributed by atoms with Gasteiger partial charge in [0.15, 0.2) is 5.13 Å². The zero-order valence-electron chi connectivity index (χ0n) is 11.0. The largest absolute Gasteiger partial charge is 0.480 e. The van der Waals surface area contributed by atoms with Crippen LogP contribution in [0.4, 0.5) is 15.6 Å². The van der Waals surface area contributed by atoms with E-state index in [4.69, 9.17) is 16.7 Å². The monoisotopic (exact) mass is 325 g/mol. The summed E-state index contributed by atoms with van der Waals surface area (Å²) < 4.78 is 0. The SMILES string of the molecule is Cc1csc(NC(=O)N(CC(=O)O)c2ccc(Cl)cc2)n1. The summed E-state index contributed by atoms with van der Waals surface area (Å²) in [6.45, 7) is 1.35. The second-order valence-electron chi connectivity index (χ2n) is 4.18. The summed E-state index contributed by atoms with van der Waals surface area (Å²) in [5.74, 6) is -1.12. The van der Waals surface area contributed by atoms with Crippen LogP contribution in [-0.4, -0.2) is 28.6 Å². The third-order valence-corrected chi connectivity index (χ3v) is 3.64. The minimum absolute atomic E-state index is 0.418. The van der Waals surface area contributed by atoms with Gasteiger partial charge in [-0.05, 0) is 31.2 Å². The van der Waals surface area contributed by atoms with E-state index in [-0.39, 0.29) is 0 Å². The molecule has 2 N–H and O–H groups in total. The van der Waals surface area contributed by atoms with Crippen LogP contribution in [0.3, 0.4) is 0 Å². The molecule has 0 bridgehead atoms. The Morgan fingerprint density at radius 2 is 2.05 bits per heavy atom. The fraction of sp³-hybridized carbons (Fsp3) is 0.154. The van der Waals surface area contributed by atoms with E-state index < -0.39 is 18.5 Å². The molecule has 6 nitrogen and oxygen atoms in total. The van der Waals surface area contributed by atoms with Crippen molar-refractivity contribution in [2.24, 2.45) is 0 Å². The van der Waals surface area contributed by atoms with Gasteiger partial charge in [-0.15, -0.1) is 11.3 Å². The second-order valence-corrected chi connectivity index (χ2v) is 5.48. The number of aryl methyl sites for hydroxylation is 1. The summed E-state index contributed by atoms with van der Waals surface area (Å²) in [6.07, 6.45) is 0. The number of nitrogens with zero attached hydrogens (tertiary/aromatic N) is 2. The highest BCUT2D eigenvalue weighted by molar-refractivity contribution is 7.13. The van der Waals surface area contributed by atoms with Crippen LogP contribution in [0.1, 0.15) is 5.69 Å². The smallest absolute Gasteiger partial charge is 0.328 e. The van der Waals surface area contributed by atoms with Gasteiger partial charge in [-0.25, -0.2) is 9.78 Å². The Morgan fingerprint density at radius 1 is 1.38 bits per heavy atom. The summed E-state index contributed by atoms with van der Waals surface area (Å²) in [7, 11) is 0. The maximum absolute atomic E-state index is 12.2. The van der Waals surface area contributed by atoms with Crippen LogP contribution >= 0.6 is 22.9 Å². The van der Waals surface area contributed by atoms with Gasteiger partial charge in [-0.3, -0.25) is 15.0 Å². The highest BCUT2D eigenvalue weighted by Crippen LogP contribution is 2.20. The Balaban J connectivity index is 2.20. The first-order valence-electron chi connectivity index (χ1n) is 5.93. The van der Waals surface area contributed by atoms with Crippen molar-refractivity contribution in [1.29, 1.82) is 0 Å². The lowest BCUT2D eigenvalue weighted by atomic mass is 10.3. The number of anilines is 2. The molecule has 0 aliphatic rings. The summed E-state index contributed by atoms with van der Waals surface area (Å²) in [5, 5.41) is 14.3. The zero-order valence-corrected chi connectivity index (χ0v) is 12.6. The predicted molar refractivity (Wildman–Crippen MR) is 82.3 cm³/mol. The number of hydrogen-bond donors (Lipinski definition) is 2. The van der Waals surface area contributed by atoms with Crippen molar-refractivity contribution in [3.8, 4) is 0 Å². The highest BCUT2D eigenvalue weighted by Gasteiger charge is 2.19. The quantitative estimate of drug-likeness (QED) is 0.904. The lowest BCUT2D eigenvalue weighted by Crippen LogP contribution is -2.38. The van der Waals surface area contributed by atoms with E-state index in [1.54, 1.807) is 36.6 Å². The third-order valence-electron chi connectivity index (χ3n) is 2.51. The first-order valence-corrected chi connectivity index (χ1v) is 7.19. The normalized spacial score (nSPS) is 10.2. The predicted octanol–water partition coefficient (Wildman–Crippen LogP) is 3.23. The van der Waals surface area contributed by atoms with Crippen LogP contribution in [-0.2, 0) is 4.79 Å². The van der Waals surface area contributed by atoms with Crippen LogP contribution < -0.4 is 10.2 Å². The number of halogens is 1. The number of benzene rings is 1. The van der Waals surface area contributed by atoms with Gasteiger partial charge in [-0.2, -0.15) is 0 Å². The summed E-state index contributed by atoms with van der Waals surface area (Å²) in [5.41, 5.74) is 1.22. The standard InChI is InChI=1S/C13H12ClN3O3S/c1-8-7-21-12(15-8)16-13(20)17(6-11(18)19)10-4-2-9(14)3-5-10/h2-5,7H,6H2,1H3,(H,18,19)(H,15,16,20). The van der Waals surface area contributed by atoms with Crippen molar-refractivity contribution in [1.82, 2.24) is 4.98 Å². The van der Waals surface area contributed by atoms with Gasteiger partial charge in [0.2, 0.25) is 0 Å². The lowest BCUT2D eigenvalue weighted by molar-refractivity contribution is -0.135. The van der Waals surface area contributed by atoms with E-state index >= 15 is 0 Å². The molecule has 8 heteroatoms. The van der Waals surface area contributed by atoms with Crippen molar-refractivity contribution >= 4 is 45.8 Å². The molecule has 2 rings (SSSR count). The maximum Gasteiger partial charge on any atom is 0.328 e. The van der Waals surface area contributed by atoms with Gasteiger partial charge in [-0.1, -0.05) is 11.6 Å². The van der Waals surface area contributed by atoms with Gasteiger partial charge >= 0.3 is 12.0 Å². The number of carboxylic acids is 1. The molecule has 0 atom stereocenters. The fourth-order valence-corrected chi connectivity index (χ4v) is 2.41. The number of carboxylic acid groups (broad SMARTS) is 1. The number of thiazole rings is 1. The second kappa shape index (κ2) is 6.55. The van der Waals surface area contributed by atoms with Crippen molar-refractivity contribution in [2.45, 2.75) is 6.92 Å². The summed E-state index contributed by atoms with van der Waals surface area (Å²) in [4.78, 5) is 28.4. The molecule has 1 aromatic heterocycles. The molecule has 21 heavy (non-hydrogen) atoms. The highest BCUT2D eigenvalue weighted by atomic mass is 35.5. The minimum Gasteiger partial charge on any atom is -0.480 e. The Hall–Kier alpha value is -2.12. The van der Waals surface area contributed by atoms with Gasteiger partial charge in [0.25, 0.3) is 0 Å². The fourth-order valence-electron chi connectivity index (χ4n) is 1.61. The molecular formula is C13H12ClN3O3S. The molecule has 0 saturated carbocycles. The molecular weight excluding hydrogens is 314 g/mol. The van der Waals surface area contributed by atoms with Crippen LogP contribution in [0, 0.1) is 6.92 Å². The van der Waals surface area contributed by atoms with Crippen molar-refractivity contribution in [3.05, 3.63) is 40.4 Å². The summed E-state index contributed by atoms with van der Waals surface area (Å²) >= 11 is 7.06. The van der Waals surface area contributed by atoms with E-state index in [1.165, 1.54) is 11.3 Å². The average molecular weight is 326 g/mol. The molecule has 0 spiro atoms. The van der Waals surface area contributed by atoms with E-state index in [1.807, 2.05) is 0 Å². The van der Waals surface area contributed by atoms with Gasteiger partial charge < -0.3 is 5.11 Å². The Kier molecular flexibility index (Phi) is 4.77. The van der Waals surface area contributed by atoms with E-state index in [2.05, 4.69) is 10.3 Å². The molecule has 0 aliphatic carbocycles. The minimum atomic E-state index is -1.12. The first kappa shape index (κ1) is 15.3. The van der Waals surface area contributed by atoms with Crippen LogP contribution in [0.2, 0.25) is 5.02 Å². The van der Waals surface area contributed by atoms with E-state index in [0.717, 1.165) is 10.6 Å². The first-order chi connectivity index (χ1) is 9.95. The van der Waals surface area contributed by atoms with Crippen molar-refractivity contribution in [2.75, 3.05) is 16.8 Å². The molecule has 1 aromatic carbocycles. The number of aromatic nitrogens is 1. The molecule has 110 valence electrons. The van der Waals surface area contributed by atoms with Gasteiger partial charge in [0, 0.05) is 16.1 Å². The average Bonchev–Trinajstić information content (AvgIpc) is 2.82. The number of urea groups is 1. The van der Waals surface area contributed by atoms with Gasteiger partial charge in [0.05, 0.1) is 5.69 Å². The van der Waals surface area contributed by atoms with E-state index in [9.17, 15) is 9.59 Å². The molecule has 2 amide bonds. The number of amides is 2. The number of carbonyl (C=O) groups excluding carboxylic acids is 1. The Bertz CT molecular complexity index is 657. The van der Waals surface area contributed by atoms with Gasteiger partial charge in [0.1, 0.15) is 6.54 Å². The topological polar surface area (TPSA) is 82.5 Å². The number of carbonyl (C=O) groups is 2. The molecule has 0 saturated heterocycles.